The lowest BCUT2D eigenvalue weighted by molar-refractivity contribution is -0.140. The van der Waals surface area contributed by atoms with Gasteiger partial charge >= 0.3 is 5.97 Å². The lowest BCUT2D eigenvalue weighted by Gasteiger charge is -2.10. The number of amides is 1. The highest BCUT2D eigenvalue weighted by atomic mass is 16.5. The molecule has 0 bridgehead atoms. The summed E-state index contributed by atoms with van der Waals surface area (Å²) in [4.78, 5) is 23.8. The predicted octanol–water partition coefficient (Wildman–Crippen LogP) is 2.53. The molecular weight excluding hydrogens is 306 g/mol. The lowest BCUT2D eigenvalue weighted by Crippen LogP contribution is -2.30. The molecule has 0 radical (unpaired) electrons. The zero-order chi connectivity index (χ0) is 17.4. The summed E-state index contributed by atoms with van der Waals surface area (Å²) >= 11 is 0. The Bertz CT molecular complexity index is 738. The van der Waals surface area contributed by atoms with E-state index in [1.807, 2.05) is 54.6 Å². The first-order chi connectivity index (χ1) is 11.7. The first-order valence-electron chi connectivity index (χ1n) is 7.41. The molecule has 5 nitrogen and oxygen atoms in total. The molecule has 2 aromatic carbocycles. The maximum Gasteiger partial charge on any atom is 0.325 e. The molecule has 1 amide bonds. The Balaban J connectivity index is 2.38. The van der Waals surface area contributed by atoms with Crippen molar-refractivity contribution in [1.82, 2.24) is 5.32 Å². The van der Waals surface area contributed by atoms with E-state index in [1.54, 1.807) is 13.2 Å². The molecular formula is C19H19NO4. The van der Waals surface area contributed by atoms with Gasteiger partial charge in [-0.3, -0.25) is 9.59 Å². The number of esters is 1. The third-order valence-corrected chi connectivity index (χ3v) is 3.39. The molecule has 1 N–H and O–H groups in total. The second kappa shape index (κ2) is 8.53. The van der Waals surface area contributed by atoms with Crippen LogP contribution >= 0.6 is 0 Å². The number of para-hydroxylation sites is 1. The largest absolute Gasteiger partial charge is 0.496 e. The molecule has 0 saturated heterocycles. The van der Waals surface area contributed by atoms with E-state index in [9.17, 15) is 9.59 Å². The molecule has 124 valence electrons. The highest BCUT2D eigenvalue weighted by Crippen LogP contribution is 2.24. The predicted molar refractivity (Wildman–Crippen MR) is 92.3 cm³/mol. The van der Waals surface area contributed by atoms with Crippen LogP contribution in [0.3, 0.4) is 0 Å². The average molecular weight is 325 g/mol. The van der Waals surface area contributed by atoms with Gasteiger partial charge in [-0.2, -0.15) is 0 Å². The Hall–Kier alpha value is -3.08. The van der Waals surface area contributed by atoms with Crippen LogP contribution in [0.4, 0.5) is 0 Å². The van der Waals surface area contributed by atoms with Gasteiger partial charge in [0.15, 0.2) is 0 Å². The summed E-state index contributed by atoms with van der Waals surface area (Å²) in [5, 5.41) is 2.57. The van der Waals surface area contributed by atoms with Crippen molar-refractivity contribution in [2.24, 2.45) is 0 Å². The van der Waals surface area contributed by atoms with Crippen molar-refractivity contribution < 1.29 is 19.1 Å². The molecule has 0 spiro atoms. The number of rotatable bonds is 6. The monoisotopic (exact) mass is 325 g/mol. The van der Waals surface area contributed by atoms with Crippen LogP contribution in [0, 0.1) is 0 Å². The molecule has 0 fully saturated rings. The van der Waals surface area contributed by atoms with Gasteiger partial charge < -0.3 is 14.8 Å². The SMILES string of the molecule is COC(=O)CNC(=O)/C(=C/c1ccccc1OC)c1ccccc1. The van der Waals surface area contributed by atoms with Crippen LogP contribution in [0.2, 0.25) is 0 Å². The first-order valence-corrected chi connectivity index (χ1v) is 7.41. The fourth-order valence-electron chi connectivity index (χ4n) is 2.16. The summed E-state index contributed by atoms with van der Waals surface area (Å²) in [5.74, 6) is -0.211. The molecule has 2 aromatic rings. The normalized spacial score (nSPS) is 10.8. The molecule has 0 aromatic heterocycles. The lowest BCUT2D eigenvalue weighted by atomic mass is 10.0. The molecule has 24 heavy (non-hydrogen) atoms. The molecule has 0 aliphatic carbocycles. The molecule has 0 aliphatic rings. The van der Waals surface area contributed by atoms with Crippen LogP contribution in [0.25, 0.3) is 11.6 Å². The van der Waals surface area contributed by atoms with E-state index in [0.717, 1.165) is 11.1 Å². The number of hydrogen-bond donors (Lipinski definition) is 1. The summed E-state index contributed by atoms with van der Waals surface area (Å²) in [6.45, 7) is -0.189. The third-order valence-electron chi connectivity index (χ3n) is 3.39. The van der Waals surface area contributed by atoms with Gasteiger partial charge in [0.25, 0.3) is 5.91 Å². The second-order valence-corrected chi connectivity index (χ2v) is 4.92. The molecule has 0 unspecified atom stereocenters. The Morgan fingerprint density at radius 2 is 1.67 bits per heavy atom. The van der Waals surface area contributed by atoms with Crippen molar-refractivity contribution >= 4 is 23.5 Å². The van der Waals surface area contributed by atoms with Crippen LogP contribution in [0.5, 0.6) is 5.75 Å². The zero-order valence-electron chi connectivity index (χ0n) is 13.6. The van der Waals surface area contributed by atoms with Gasteiger partial charge in [0.1, 0.15) is 12.3 Å². The Labute approximate surface area is 140 Å². The minimum atomic E-state index is -0.506. The Morgan fingerprint density at radius 1 is 1.00 bits per heavy atom. The van der Waals surface area contributed by atoms with Crippen molar-refractivity contribution in [2.75, 3.05) is 20.8 Å². The van der Waals surface area contributed by atoms with Gasteiger partial charge in [-0.15, -0.1) is 0 Å². The van der Waals surface area contributed by atoms with E-state index in [2.05, 4.69) is 10.1 Å². The number of ether oxygens (including phenoxy) is 2. The van der Waals surface area contributed by atoms with Crippen molar-refractivity contribution in [3.8, 4) is 5.75 Å². The molecule has 0 heterocycles. The minimum absolute atomic E-state index is 0.189. The van der Waals surface area contributed by atoms with E-state index >= 15 is 0 Å². The minimum Gasteiger partial charge on any atom is -0.496 e. The van der Waals surface area contributed by atoms with Gasteiger partial charge in [0.2, 0.25) is 0 Å². The number of methoxy groups -OCH3 is 2. The van der Waals surface area contributed by atoms with Gasteiger partial charge in [-0.1, -0.05) is 48.5 Å². The summed E-state index contributed by atoms with van der Waals surface area (Å²) in [6, 6.07) is 16.6. The van der Waals surface area contributed by atoms with Crippen LogP contribution < -0.4 is 10.1 Å². The van der Waals surface area contributed by atoms with E-state index in [-0.39, 0.29) is 12.5 Å². The summed E-state index contributed by atoms with van der Waals surface area (Å²) in [6.07, 6.45) is 1.74. The van der Waals surface area contributed by atoms with E-state index < -0.39 is 5.97 Å². The summed E-state index contributed by atoms with van der Waals surface area (Å²) in [7, 11) is 2.85. The first kappa shape index (κ1) is 17.3. The quantitative estimate of drug-likeness (QED) is 0.503. The Kier molecular flexibility index (Phi) is 6.14. The van der Waals surface area contributed by atoms with Crippen molar-refractivity contribution in [3.05, 3.63) is 65.7 Å². The van der Waals surface area contributed by atoms with E-state index in [0.29, 0.717) is 11.3 Å². The van der Waals surface area contributed by atoms with Crippen LogP contribution in [-0.4, -0.2) is 32.6 Å². The van der Waals surface area contributed by atoms with E-state index in [4.69, 9.17) is 4.74 Å². The topological polar surface area (TPSA) is 64.6 Å². The summed E-state index contributed by atoms with van der Waals surface area (Å²) in [5.41, 5.74) is 1.95. The maximum atomic E-state index is 12.5. The molecule has 5 heteroatoms. The summed E-state index contributed by atoms with van der Waals surface area (Å²) < 4.78 is 9.87. The third kappa shape index (κ3) is 4.46. The number of carbonyl (C=O) groups is 2. The fourth-order valence-corrected chi connectivity index (χ4v) is 2.16. The number of hydrogen-bond acceptors (Lipinski definition) is 4. The molecule has 0 saturated carbocycles. The average Bonchev–Trinajstić information content (AvgIpc) is 2.64. The molecule has 0 aliphatic heterocycles. The smallest absolute Gasteiger partial charge is 0.325 e. The highest BCUT2D eigenvalue weighted by Gasteiger charge is 2.14. The highest BCUT2D eigenvalue weighted by molar-refractivity contribution is 6.24. The van der Waals surface area contributed by atoms with Gasteiger partial charge in [0.05, 0.1) is 14.2 Å². The second-order valence-electron chi connectivity index (χ2n) is 4.92. The van der Waals surface area contributed by atoms with Crippen molar-refractivity contribution in [1.29, 1.82) is 0 Å². The number of nitrogens with one attached hydrogen (secondary N) is 1. The van der Waals surface area contributed by atoms with Gasteiger partial charge in [-0.05, 0) is 17.7 Å². The standard InChI is InChI=1S/C19H19NO4/c1-23-17-11-7-6-10-15(17)12-16(14-8-4-3-5-9-14)19(22)20-13-18(21)24-2/h3-12H,13H2,1-2H3,(H,20,22)/b16-12+. The van der Waals surface area contributed by atoms with Gasteiger partial charge in [-0.25, -0.2) is 0 Å². The van der Waals surface area contributed by atoms with Crippen LogP contribution in [0.15, 0.2) is 54.6 Å². The van der Waals surface area contributed by atoms with Crippen LogP contribution in [-0.2, 0) is 14.3 Å². The number of benzene rings is 2. The molecule has 0 atom stereocenters. The molecule has 2 rings (SSSR count). The van der Waals surface area contributed by atoms with Crippen molar-refractivity contribution in [3.63, 3.8) is 0 Å². The van der Waals surface area contributed by atoms with Gasteiger partial charge in [0, 0.05) is 11.1 Å². The zero-order valence-corrected chi connectivity index (χ0v) is 13.6. The number of carbonyl (C=O) groups excluding carboxylic acids is 2. The maximum absolute atomic E-state index is 12.5. The van der Waals surface area contributed by atoms with Crippen LogP contribution in [0.1, 0.15) is 11.1 Å². The van der Waals surface area contributed by atoms with Crippen molar-refractivity contribution in [2.45, 2.75) is 0 Å². The Morgan fingerprint density at radius 3 is 2.33 bits per heavy atom. The van der Waals surface area contributed by atoms with E-state index in [1.165, 1.54) is 7.11 Å². The fraction of sp³-hybridized carbons (Fsp3) is 0.158.